The molecule has 0 bridgehead atoms. The molecule has 0 amide bonds. The predicted molar refractivity (Wildman–Crippen MR) is 96.9 cm³/mol. The van der Waals surface area contributed by atoms with E-state index in [0.717, 1.165) is 5.56 Å². The number of halogens is 1. The monoisotopic (exact) mass is 374 g/mol. The number of hydrogen-bond acceptors (Lipinski definition) is 5. The highest BCUT2D eigenvalue weighted by molar-refractivity contribution is 5.89. The number of alkyl halides is 1. The van der Waals surface area contributed by atoms with Gasteiger partial charge in [-0.15, -0.1) is 0 Å². The molecule has 1 saturated heterocycles. The summed E-state index contributed by atoms with van der Waals surface area (Å²) in [5.41, 5.74) is -0.250. The third kappa shape index (κ3) is 4.35. The Bertz CT molecular complexity index is 739. The molecule has 1 heterocycles. The van der Waals surface area contributed by atoms with Gasteiger partial charge in [0.15, 0.2) is 11.8 Å². The summed E-state index contributed by atoms with van der Waals surface area (Å²) in [6, 6.07) is 18.0. The third-order valence-corrected chi connectivity index (χ3v) is 4.57. The van der Waals surface area contributed by atoms with E-state index in [1.807, 2.05) is 30.3 Å². The average molecular weight is 374 g/mol. The quantitative estimate of drug-likeness (QED) is 0.694. The summed E-state index contributed by atoms with van der Waals surface area (Å²) in [4.78, 5) is 12.4. The largest absolute Gasteiger partial charge is 0.447 e. The molecule has 0 spiro atoms. The lowest BCUT2D eigenvalue weighted by molar-refractivity contribution is -0.188. The van der Waals surface area contributed by atoms with Gasteiger partial charge in [-0.1, -0.05) is 48.5 Å². The lowest BCUT2D eigenvalue weighted by atomic mass is 9.98. The molecule has 0 aliphatic carbocycles. The summed E-state index contributed by atoms with van der Waals surface area (Å²) in [5, 5.41) is 0. The zero-order valence-corrected chi connectivity index (χ0v) is 15.3. The standard InChI is InChI=1S/C21H23FO5/c1-21(27-19(23)16-11-7-4-8-12-16)18(22)17(26-20(21)24-2)14-25-13-15-9-5-3-6-10-15/h3-12,17-18,20H,13-14H2,1-2H3/t17-,18-,20+,21-/m1/s1. The van der Waals surface area contributed by atoms with Crippen LogP contribution in [0.4, 0.5) is 4.39 Å². The van der Waals surface area contributed by atoms with Gasteiger partial charge in [-0.2, -0.15) is 0 Å². The molecule has 1 aliphatic heterocycles. The van der Waals surface area contributed by atoms with E-state index in [2.05, 4.69) is 0 Å². The molecule has 2 aromatic rings. The van der Waals surface area contributed by atoms with Crippen LogP contribution in [0.5, 0.6) is 0 Å². The fourth-order valence-electron chi connectivity index (χ4n) is 3.08. The summed E-state index contributed by atoms with van der Waals surface area (Å²) in [5.74, 6) is -0.628. The number of rotatable bonds is 7. The minimum Gasteiger partial charge on any atom is -0.447 e. The van der Waals surface area contributed by atoms with Crippen molar-refractivity contribution in [3.63, 3.8) is 0 Å². The number of hydrogen-bond donors (Lipinski definition) is 0. The molecule has 5 nitrogen and oxygen atoms in total. The van der Waals surface area contributed by atoms with Gasteiger partial charge in [-0.05, 0) is 24.6 Å². The highest BCUT2D eigenvalue weighted by Gasteiger charge is 2.58. The fourth-order valence-corrected chi connectivity index (χ4v) is 3.08. The van der Waals surface area contributed by atoms with Crippen LogP contribution in [-0.2, 0) is 25.6 Å². The van der Waals surface area contributed by atoms with Crippen LogP contribution in [0.25, 0.3) is 0 Å². The Morgan fingerprint density at radius 2 is 1.74 bits per heavy atom. The van der Waals surface area contributed by atoms with Gasteiger partial charge >= 0.3 is 5.97 Å². The van der Waals surface area contributed by atoms with Crippen LogP contribution in [0.3, 0.4) is 0 Å². The van der Waals surface area contributed by atoms with Crippen LogP contribution in [-0.4, -0.2) is 43.9 Å². The first-order chi connectivity index (χ1) is 13.0. The molecular formula is C21H23FO5. The van der Waals surface area contributed by atoms with Crippen molar-refractivity contribution < 1.29 is 28.1 Å². The second-order valence-electron chi connectivity index (χ2n) is 6.58. The number of ether oxygens (including phenoxy) is 4. The van der Waals surface area contributed by atoms with E-state index in [1.165, 1.54) is 14.0 Å². The van der Waals surface area contributed by atoms with Gasteiger partial charge in [0.25, 0.3) is 0 Å². The molecule has 0 aromatic heterocycles. The maximum atomic E-state index is 15.1. The van der Waals surface area contributed by atoms with E-state index in [-0.39, 0.29) is 6.61 Å². The lowest BCUT2D eigenvalue weighted by Crippen LogP contribution is -2.48. The number of esters is 1. The zero-order chi connectivity index (χ0) is 19.3. The van der Waals surface area contributed by atoms with Gasteiger partial charge in [-0.3, -0.25) is 0 Å². The van der Waals surface area contributed by atoms with E-state index in [1.54, 1.807) is 30.3 Å². The van der Waals surface area contributed by atoms with E-state index < -0.39 is 30.1 Å². The molecule has 0 radical (unpaired) electrons. The second kappa shape index (κ2) is 8.61. The topological polar surface area (TPSA) is 54.0 Å². The minimum absolute atomic E-state index is 0.0222. The van der Waals surface area contributed by atoms with Crippen molar-refractivity contribution in [3.05, 3.63) is 71.8 Å². The fraction of sp³-hybridized carbons (Fsp3) is 0.381. The summed E-state index contributed by atoms with van der Waals surface area (Å²) in [6.07, 6.45) is -3.51. The SMILES string of the molecule is CO[C@H]1O[C@H](COCc2ccccc2)[C@@H](F)[C@@]1(C)OC(=O)c1ccccc1. The average Bonchev–Trinajstić information content (AvgIpc) is 2.94. The molecule has 0 saturated carbocycles. The Hall–Kier alpha value is -2.28. The minimum atomic E-state index is -1.59. The molecule has 2 aromatic carbocycles. The number of carbonyl (C=O) groups excluding carboxylic acids is 1. The Morgan fingerprint density at radius 1 is 1.11 bits per heavy atom. The van der Waals surface area contributed by atoms with E-state index in [4.69, 9.17) is 18.9 Å². The van der Waals surface area contributed by atoms with Crippen molar-refractivity contribution in [1.82, 2.24) is 0 Å². The molecule has 6 heteroatoms. The molecule has 4 atom stereocenters. The zero-order valence-electron chi connectivity index (χ0n) is 15.3. The van der Waals surface area contributed by atoms with Gasteiger partial charge in [-0.25, -0.2) is 9.18 Å². The van der Waals surface area contributed by atoms with E-state index >= 15 is 4.39 Å². The molecule has 1 aliphatic rings. The number of methoxy groups -OCH3 is 1. The Morgan fingerprint density at radius 3 is 2.37 bits per heavy atom. The smallest absolute Gasteiger partial charge is 0.338 e. The maximum Gasteiger partial charge on any atom is 0.338 e. The second-order valence-corrected chi connectivity index (χ2v) is 6.58. The predicted octanol–water partition coefficient (Wildman–Crippen LogP) is 3.53. The first kappa shape index (κ1) is 19.5. The van der Waals surface area contributed by atoms with Crippen molar-refractivity contribution >= 4 is 5.97 Å². The van der Waals surface area contributed by atoms with Crippen LogP contribution in [0.15, 0.2) is 60.7 Å². The van der Waals surface area contributed by atoms with E-state index in [0.29, 0.717) is 12.2 Å². The van der Waals surface area contributed by atoms with Gasteiger partial charge in [0.05, 0.1) is 18.8 Å². The molecule has 144 valence electrons. The van der Waals surface area contributed by atoms with Crippen molar-refractivity contribution in [2.75, 3.05) is 13.7 Å². The summed E-state index contributed by atoms with van der Waals surface area (Å²) >= 11 is 0. The van der Waals surface area contributed by atoms with Gasteiger partial charge in [0.1, 0.15) is 6.10 Å². The molecule has 1 fully saturated rings. The van der Waals surface area contributed by atoms with Crippen molar-refractivity contribution in [2.24, 2.45) is 0 Å². The van der Waals surface area contributed by atoms with Gasteiger partial charge < -0.3 is 18.9 Å². The highest BCUT2D eigenvalue weighted by atomic mass is 19.1. The van der Waals surface area contributed by atoms with Crippen molar-refractivity contribution in [2.45, 2.75) is 37.7 Å². The van der Waals surface area contributed by atoms with Crippen molar-refractivity contribution in [1.29, 1.82) is 0 Å². The van der Waals surface area contributed by atoms with Crippen LogP contribution in [0.2, 0.25) is 0 Å². The summed E-state index contributed by atoms with van der Waals surface area (Å²) < 4.78 is 37.0. The molecule has 27 heavy (non-hydrogen) atoms. The molecule has 0 unspecified atom stereocenters. The van der Waals surface area contributed by atoms with Crippen LogP contribution in [0.1, 0.15) is 22.8 Å². The number of carbonyl (C=O) groups is 1. The lowest BCUT2D eigenvalue weighted by Gasteiger charge is -2.30. The highest BCUT2D eigenvalue weighted by Crippen LogP contribution is 2.38. The van der Waals surface area contributed by atoms with Crippen LogP contribution < -0.4 is 0 Å². The first-order valence-electron chi connectivity index (χ1n) is 8.77. The first-order valence-corrected chi connectivity index (χ1v) is 8.77. The van der Waals surface area contributed by atoms with Crippen LogP contribution >= 0.6 is 0 Å². The van der Waals surface area contributed by atoms with Crippen molar-refractivity contribution in [3.8, 4) is 0 Å². The van der Waals surface area contributed by atoms with Gasteiger partial charge in [0, 0.05) is 7.11 Å². The number of benzene rings is 2. The molecular weight excluding hydrogens is 351 g/mol. The maximum absolute atomic E-state index is 15.1. The summed E-state index contributed by atoms with van der Waals surface area (Å²) in [6.45, 7) is 1.84. The van der Waals surface area contributed by atoms with Gasteiger partial charge in [0.2, 0.25) is 6.29 Å². The molecule has 3 rings (SSSR count). The molecule has 0 N–H and O–H groups in total. The third-order valence-electron chi connectivity index (χ3n) is 4.57. The summed E-state index contributed by atoms with van der Waals surface area (Å²) in [7, 11) is 1.39. The van der Waals surface area contributed by atoms with Crippen LogP contribution in [0, 0.1) is 0 Å². The Balaban J connectivity index is 1.63. The Labute approximate surface area is 158 Å². The van der Waals surface area contributed by atoms with E-state index in [9.17, 15) is 4.79 Å². The Kier molecular flexibility index (Phi) is 6.21. The normalized spacial score (nSPS) is 27.4.